The number of methoxy groups -OCH3 is 2. The standard InChI is InChI=1S/C24H32N2O3/c1-25-12-5-10-24(11-13-25)18-26(16-19-6-4-7-21(14-19)27-2)17-20-15-22(28-3)8-9-23(20)29-24/h4,6-9,14-15H,5,10-13,16-18H2,1-3H3. The Morgan fingerprint density at radius 2 is 1.83 bits per heavy atom. The number of nitrogens with zero attached hydrogens (tertiary/aromatic N) is 2. The number of benzene rings is 2. The normalized spacial score (nSPS) is 23.0. The number of likely N-dealkylation sites (tertiary alicyclic amines) is 1. The Bertz CT molecular complexity index is 841. The molecule has 2 heterocycles. The molecular formula is C24H32N2O3. The van der Waals surface area contributed by atoms with E-state index in [1.54, 1.807) is 14.2 Å². The van der Waals surface area contributed by atoms with E-state index < -0.39 is 0 Å². The van der Waals surface area contributed by atoms with Crippen molar-refractivity contribution >= 4 is 0 Å². The van der Waals surface area contributed by atoms with Crippen molar-refractivity contribution in [3.63, 3.8) is 0 Å². The third-order valence-electron chi connectivity index (χ3n) is 6.16. The predicted molar refractivity (Wildman–Crippen MR) is 115 cm³/mol. The lowest BCUT2D eigenvalue weighted by Crippen LogP contribution is -2.46. The molecule has 0 aliphatic carbocycles. The molecule has 2 aliphatic rings. The third-order valence-corrected chi connectivity index (χ3v) is 6.16. The summed E-state index contributed by atoms with van der Waals surface area (Å²) in [5, 5.41) is 0. The van der Waals surface area contributed by atoms with Crippen molar-refractivity contribution in [1.29, 1.82) is 0 Å². The molecule has 5 heteroatoms. The highest BCUT2D eigenvalue weighted by Crippen LogP contribution is 2.37. The summed E-state index contributed by atoms with van der Waals surface area (Å²) in [6, 6.07) is 14.6. The van der Waals surface area contributed by atoms with E-state index in [1.165, 1.54) is 11.1 Å². The highest BCUT2D eigenvalue weighted by molar-refractivity contribution is 5.41. The van der Waals surface area contributed by atoms with E-state index in [1.807, 2.05) is 12.1 Å². The van der Waals surface area contributed by atoms with E-state index in [0.29, 0.717) is 0 Å². The summed E-state index contributed by atoms with van der Waals surface area (Å²) in [6.07, 6.45) is 3.29. The largest absolute Gasteiger partial charge is 0.497 e. The molecule has 0 aromatic heterocycles. The van der Waals surface area contributed by atoms with Crippen LogP contribution < -0.4 is 14.2 Å². The van der Waals surface area contributed by atoms with Gasteiger partial charge in [-0.25, -0.2) is 0 Å². The zero-order valence-electron chi connectivity index (χ0n) is 17.8. The molecule has 0 saturated carbocycles. The first-order valence-corrected chi connectivity index (χ1v) is 10.5. The van der Waals surface area contributed by atoms with E-state index in [-0.39, 0.29) is 5.60 Å². The molecule has 1 atom stereocenters. The Morgan fingerprint density at radius 1 is 1.00 bits per heavy atom. The topological polar surface area (TPSA) is 34.2 Å². The van der Waals surface area contributed by atoms with Crippen molar-refractivity contribution in [2.45, 2.75) is 38.0 Å². The summed E-state index contributed by atoms with van der Waals surface area (Å²) in [4.78, 5) is 4.94. The van der Waals surface area contributed by atoms with Gasteiger partial charge in [0.15, 0.2) is 0 Å². The second-order valence-electron chi connectivity index (χ2n) is 8.41. The van der Waals surface area contributed by atoms with Crippen molar-refractivity contribution in [2.75, 3.05) is 40.9 Å². The summed E-state index contributed by atoms with van der Waals surface area (Å²) < 4.78 is 17.7. The van der Waals surface area contributed by atoms with Crippen molar-refractivity contribution in [1.82, 2.24) is 9.80 Å². The van der Waals surface area contributed by atoms with Gasteiger partial charge >= 0.3 is 0 Å². The molecule has 0 bridgehead atoms. The fraction of sp³-hybridized carbons (Fsp3) is 0.500. The van der Waals surface area contributed by atoms with Gasteiger partial charge in [-0.15, -0.1) is 0 Å². The fourth-order valence-corrected chi connectivity index (χ4v) is 4.58. The first kappa shape index (κ1) is 20.0. The zero-order chi connectivity index (χ0) is 20.3. The second-order valence-corrected chi connectivity index (χ2v) is 8.41. The maximum Gasteiger partial charge on any atom is 0.124 e. The number of fused-ring (bicyclic) bond motifs is 1. The number of hydrogen-bond acceptors (Lipinski definition) is 5. The molecule has 29 heavy (non-hydrogen) atoms. The Balaban J connectivity index is 1.65. The molecular weight excluding hydrogens is 364 g/mol. The monoisotopic (exact) mass is 396 g/mol. The highest BCUT2D eigenvalue weighted by atomic mass is 16.5. The van der Waals surface area contributed by atoms with Crippen LogP contribution in [0.15, 0.2) is 42.5 Å². The van der Waals surface area contributed by atoms with E-state index in [2.05, 4.69) is 47.2 Å². The molecule has 0 radical (unpaired) electrons. The minimum Gasteiger partial charge on any atom is -0.497 e. The van der Waals surface area contributed by atoms with Gasteiger partial charge in [0, 0.05) is 38.2 Å². The zero-order valence-corrected chi connectivity index (χ0v) is 17.8. The van der Waals surface area contributed by atoms with Crippen LogP contribution in [0.4, 0.5) is 0 Å². The smallest absolute Gasteiger partial charge is 0.124 e. The Morgan fingerprint density at radius 3 is 2.66 bits per heavy atom. The molecule has 2 aromatic carbocycles. The lowest BCUT2D eigenvalue weighted by atomic mass is 9.93. The molecule has 2 aromatic rings. The van der Waals surface area contributed by atoms with Crippen LogP contribution in [0.1, 0.15) is 30.4 Å². The first-order chi connectivity index (χ1) is 14.1. The van der Waals surface area contributed by atoms with Crippen molar-refractivity contribution < 1.29 is 14.2 Å². The quantitative estimate of drug-likeness (QED) is 0.782. The number of ether oxygens (including phenoxy) is 3. The van der Waals surface area contributed by atoms with Crippen LogP contribution in [0.3, 0.4) is 0 Å². The van der Waals surface area contributed by atoms with Crippen LogP contribution in [-0.2, 0) is 13.1 Å². The molecule has 5 nitrogen and oxygen atoms in total. The van der Waals surface area contributed by atoms with Gasteiger partial charge in [-0.3, -0.25) is 4.90 Å². The fourth-order valence-electron chi connectivity index (χ4n) is 4.58. The van der Waals surface area contributed by atoms with Gasteiger partial charge in [-0.2, -0.15) is 0 Å². The Labute approximate surface area is 174 Å². The minimum absolute atomic E-state index is 0.149. The summed E-state index contributed by atoms with van der Waals surface area (Å²) in [5.41, 5.74) is 2.31. The summed E-state index contributed by atoms with van der Waals surface area (Å²) >= 11 is 0. The second kappa shape index (κ2) is 8.64. The van der Waals surface area contributed by atoms with Gasteiger partial charge in [-0.1, -0.05) is 12.1 Å². The van der Waals surface area contributed by atoms with E-state index in [9.17, 15) is 0 Å². The maximum atomic E-state index is 6.78. The molecule has 0 N–H and O–H groups in total. The average Bonchev–Trinajstić information content (AvgIpc) is 3.00. The minimum atomic E-state index is -0.149. The van der Waals surface area contributed by atoms with Crippen molar-refractivity contribution in [2.24, 2.45) is 0 Å². The Hall–Kier alpha value is -2.24. The van der Waals surface area contributed by atoms with Crippen LogP contribution in [0.2, 0.25) is 0 Å². The molecule has 1 saturated heterocycles. The SMILES string of the molecule is COc1cccc(CN2Cc3cc(OC)ccc3OC3(CCCN(C)CC3)C2)c1. The van der Waals surface area contributed by atoms with Crippen LogP contribution in [0, 0.1) is 0 Å². The van der Waals surface area contributed by atoms with Gasteiger partial charge in [0.1, 0.15) is 22.8 Å². The van der Waals surface area contributed by atoms with E-state index in [4.69, 9.17) is 14.2 Å². The van der Waals surface area contributed by atoms with E-state index in [0.717, 1.165) is 69.2 Å². The lowest BCUT2D eigenvalue weighted by molar-refractivity contribution is 0.0221. The predicted octanol–water partition coefficient (Wildman–Crippen LogP) is 3.95. The van der Waals surface area contributed by atoms with Gasteiger partial charge in [0.2, 0.25) is 0 Å². The van der Waals surface area contributed by atoms with Crippen LogP contribution >= 0.6 is 0 Å². The molecule has 1 fully saturated rings. The van der Waals surface area contributed by atoms with Crippen LogP contribution in [0.25, 0.3) is 0 Å². The molecule has 1 spiro atoms. The Kier molecular flexibility index (Phi) is 5.97. The van der Waals surface area contributed by atoms with Gasteiger partial charge < -0.3 is 19.1 Å². The third kappa shape index (κ3) is 4.68. The van der Waals surface area contributed by atoms with Gasteiger partial charge in [-0.05, 0) is 62.3 Å². The van der Waals surface area contributed by atoms with Crippen molar-refractivity contribution in [3.8, 4) is 17.2 Å². The highest BCUT2D eigenvalue weighted by Gasteiger charge is 2.39. The average molecular weight is 397 g/mol. The number of hydrogen-bond donors (Lipinski definition) is 0. The summed E-state index contributed by atoms with van der Waals surface area (Å²) in [6.45, 7) is 4.85. The summed E-state index contributed by atoms with van der Waals surface area (Å²) in [7, 11) is 5.65. The van der Waals surface area contributed by atoms with Crippen LogP contribution in [0.5, 0.6) is 17.2 Å². The van der Waals surface area contributed by atoms with Crippen LogP contribution in [-0.4, -0.2) is 56.3 Å². The molecule has 1 unspecified atom stereocenters. The van der Waals surface area contributed by atoms with Gasteiger partial charge in [0.25, 0.3) is 0 Å². The number of rotatable bonds is 4. The van der Waals surface area contributed by atoms with Crippen molar-refractivity contribution in [3.05, 3.63) is 53.6 Å². The van der Waals surface area contributed by atoms with Gasteiger partial charge in [0.05, 0.1) is 14.2 Å². The lowest BCUT2D eigenvalue weighted by Gasteiger charge is -2.35. The maximum absolute atomic E-state index is 6.78. The van der Waals surface area contributed by atoms with E-state index >= 15 is 0 Å². The summed E-state index contributed by atoms with van der Waals surface area (Å²) in [5.74, 6) is 2.79. The molecule has 4 rings (SSSR count). The molecule has 0 amide bonds. The molecule has 2 aliphatic heterocycles. The first-order valence-electron chi connectivity index (χ1n) is 10.5. The molecule has 156 valence electrons.